The maximum Gasteiger partial charge on any atom is 0.240 e. The molecule has 0 aromatic carbocycles. The maximum atomic E-state index is 13.0. The molecule has 1 saturated heterocycles. The first-order chi connectivity index (χ1) is 12.3. The van der Waals surface area contributed by atoms with Gasteiger partial charge in [0.1, 0.15) is 0 Å². The summed E-state index contributed by atoms with van der Waals surface area (Å²) in [7, 11) is 1.87. The number of hydrogen-bond donors (Lipinski definition) is 1. The number of rotatable bonds is 5. The standard InChI is InChI=1S/C20H29N5O/c1-20(2,3)18-12-16(22-23-18)13-24(4)19(26)17-9-7-11-25(17)14-15-8-5-6-10-21-15/h5-6,8,10,12,17H,7,9,11,13-14H2,1-4H3,(H,22,23). The zero-order valence-electron chi connectivity index (χ0n) is 16.2. The molecule has 0 aliphatic carbocycles. The Hall–Kier alpha value is -2.21. The summed E-state index contributed by atoms with van der Waals surface area (Å²) in [6.07, 6.45) is 3.76. The first kappa shape index (κ1) is 18.6. The van der Waals surface area contributed by atoms with Crippen LogP contribution in [-0.2, 0) is 23.3 Å². The van der Waals surface area contributed by atoms with Crippen LogP contribution in [0.3, 0.4) is 0 Å². The summed E-state index contributed by atoms with van der Waals surface area (Å²) >= 11 is 0. The van der Waals surface area contributed by atoms with Gasteiger partial charge in [-0.2, -0.15) is 5.10 Å². The number of nitrogens with one attached hydrogen (secondary N) is 1. The first-order valence-corrected chi connectivity index (χ1v) is 9.28. The van der Waals surface area contributed by atoms with E-state index in [1.807, 2.05) is 25.2 Å². The van der Waals surface area contributed by atoms with Crippen molar-refractivity contribution in [1.29, 1.82) is 0 Å². The molecule has 1 aliphatic rings. The largest absolute Gasteiger partial charge is 0.339 e. The molecule has 0 saturated carbocycles. The zero-order chi connectivity index (χ0) is 18.7. The van der Waals surface area contributed by atoms with E-state index in [9.17, 15) is 4.79 Å². The molecule has 6 heteroatoms. The van der Waals surface area contributed by atoms with Gasteiger partial charge in [0, 0.05) is 25.2 Å². The average Bonchev–Trinajstić information content (AvgIpc) is 3.24. The zero-order valence-corrected chi connectivity index (χ0v) is 16.2. The number of likely N-dealkylation sites (N-methyl/N-ethyl adjacent to an activating group) is 1. The normalized spacial score (nSPS) is 18.2. The highest BCUT2D eigenvalue weighted by Gasteiger charge is 2.33. The lowest BCUT2D eigenvalue weighted by molar-refractivity contribution is -0.135. The Kier molecular flexibility index (Phi) is 5.41. The van der Waals surface area contributed by atoms with E-state index in [0.29, 0.717) is 6.54 Å². The third-order valence-corrected chi connectivity index (χ3v) is 4.92. The summed E-state index contributed by atoms with van der Waals surface area (Å²) < 4.78 is 0. The van der Waals surface area contributed by atoms with Crippen molar-refractivity contribution in [3.63, 3.8) is 0 Å². The van der Waals surface area contributed by atoms with Crippen LogP contribution in [0.2, 0.25) is 0 Å². The fourth-order valence-electron chi connectivity index (χ4n) is 3.41. The molecular weight excluding hydrogens is 326 g/mol. The van der Waals surface area contributed by atoms with Crippen molar-refractivity contribution >= 4 is 5.91 Å². The highest BCUT2D eigenvalue weighted by atomic mass is 16.2. The van der Waals surface area contributed by atoms with E-state index in [0.717, 1.165) is 43.0 Å². The first-order valence-electron chi connectivity index (χ1n) is 9.28. The number of carbonyl (C=O) groups excluding carboxylic acids is 1. The van der Waals surface area contributed by atoms with Crippen molar-refractivity contribution in [2.45, 2.75) is 58.2 Å². The summed E-state index contributed by atoms with van der Waals surface area (Å²) in [5.74, 6) is 0.172. The molecule has 6 nitrogen and oxygen atoms in total. The van der Waals surface area contributed by atoms with E-state index < -0.39 is 0 Å². The van der Waals surface area contributed by atoms with Crippen LogP contribution >= 0.6 is 0 Å². The summed E-state index contributed by atoms with van der Waals surface area (Å²) in [5, 5.41) is 7.46. The number of H-pyrrole nitrogens is 1. The predicted molar refractivity (Wildman–Crippen MR) is 101 cm³/mol. The number of hydrogen-bond acceptors (Lipinski definition) is 4. The quantitative estimate of drug-likeness (QED) is 0.896. The summed E-state index contributed by atoms with van der Waals surface area (Å²) in [6, 6.07) is 7.92. The van der Waals surface area contributed by atoms with Crippen molar-refractivity contribution in [3.05, 3.63) is 47.5 Å². The third-order valence-electron chi connectivity index (χ3n) is 4.92. The lowest BCUT2D eigenvalue weighted by Crippen LogP contribution is -2.43. The van der Waals surface area contributed by atoms with Crippen molar-refractivity contribution in [2.24, 2.45) is 0 Å². The maximum absolute atomic E-state index is 13.0. The van der Waals surface area contributed by atoms with Crippen molar-refractivity contribution in [3.8, 4) is 0 Å². The van der Waals surface area contributed by atoms with E-state index in [1.54, 1.807) is 11.1 Å². The Bertz CT molecular complexity index is 734. The molecule has 1 unspecified atom stereocenters. The molecule has 26 heavy (non-hydrogen) atoms. The minimum atomic E-state index is -0.0629. The van der Waals surface area contributed by atoms with Crippen LogP contribution < -0.4 is 0 Å². The van der Waals surface area contributed by atoms with Crippen LogP contribution in [-0.4, -0.2) is 50.5 Å². The van der Waals surface area contributed by atoms with Gasteiger partial charge >= 0.3 is 0 Å². The molecule has 0 bridgehead atoms. The van der Waals surface area contributed by atoms with Gasteiger partial charge in [0.25, 0.3) is 0 Å². The third kappa shape index (κ3) is 4.30. The average molecular weight is 355 g/mol. The number of pyridine rings is 1. The number of nitrogens with zero attached hydrogens (tertiary/aromatic N) is 4. The molecule has 1 aliphatic heterocycles. The number of aromatic amines is 1. The van der Waals surface area contributed by atoms with Gasteiger partial charge in [-0.3, -0.25) is 19.8 Å². The van der Waals surface area contributed by atoms with Crippen LogP contribution in [0.1, 0.15) is 50.7 Å². The predicted octanol–water partition coefficient (Wildman–Crippen LogP) is 2.73. The van der Waals surface area contributed by atoms with Gasteiger partial charge in [-0.15, -0.1) is 0 Å². The molecule has 1 amide bonds. The van der Waals surface area contributed by atoms with Crippen LogP contribution in [0.25, 0.3) is 0 Å². The topological polar surface area (TPSA) is 65.1 Å². The van der Waals surface area contributed by atoms with E-state index in [2.05, 4.69) is 46.9 Å². The summed E-state index contributed by atoms with van der Waals surface area (Å²) in [5.41, 5.74) is 3.01. The van der Waals surface area contributed by atoms with Gasteiger partial charge in [0.05, 0.1) is 29.7 Å². The molecule has 0 radical (unpaired) electrons. The van der Waals surface area contributed by atoms with Crippen LogP contribution in [0.15, 0.2) is 30.5 Å². The molecule has 2 aromatic rings. The smallest absolute Gasteiger partial charge is 0.240 e. The molecule has 3 heterocycles. The molecule has 2 aromatic heterocycles. The Morgan fingerprint density at radius 2 is 2.19 bits per heavy atom. The van der Waals surface area contributed by atoms with Gasteiger partial charge < -0.3 is 4.90 Å². The van der Waals surface area contributed by atoms with Crippen LogP contribution in [0.4, 0.5) is 0 Å². The van der Waals surface area contributed by atoms with Gasteiger partial charge in [-0.25, -0.2) is 0 Å². The Labute approximate surface area is 155 Å². The Balaban J connectivity index is 1.63. The SMILES string of the molecule is CN(Cc1cc(C(C)(C)C)n[nH]1)C(=O)C1CCCN1Cc1ccccn1. The molecule has 1 atom stereocenters. The Morgan fingerprint density at radius 3 is 2.85 bits per heavy atom. The molecule has 3 rings (SSSR count). The van der Waals surface area contributed by atoms with E-state index in [1.165, 1.54) is 0 Å². The van der Waals surface area contributed by atoms with Crippen molar-refractivity contribution in [2.75, 3.05) is 13.6 Å². The highest BCUT2D eigenvalue weighted by molar-refractivity contribution is 5.81. The minimum absolute atomic E-state index is 0.00225. The monoisotopic (exact) mass is 355 g/mol. The molecule has 140 valence electrons. The second-order valence-corrected chi connectivity index (χ2v) is 8.17. The fourth-order valence-corrected chi connectivity index (χ4v) is 3.41. The lowest BCUT2D eigenvalue weighted by Gasteiger charge is -2.27. The number of aromatic nitrogens is 3. The second kappa shape index (κ2) is 7.58. The number of carbonyl (C=O) groups is 1. The second-order valence-electron chi connectivity index (χ2n) is 8.17. The summed E-state index contributed by atoms with van der Waals surface area (Å²) in [6.45, 7) is 8.62. The van der Waals surface area contributed by atoms with Crippen molar-refractivity contribution in [1.82, 2.24) is 25.0 Å². The number of likely N-dealkylation sites (tertiary alicyclic amines) is 1. The van der Waals surface area contributed by atoms with Gasteiger partial charge in [-0.05, 0) is 37.6 Å². The molecule has 0 spiro atoms. The van der Waals surface area contributed by atoms with Crippen LogP contribution in [0, 0.1) is 0 Å². The van der Waals surface area contributed by atoms with Crippen molar-refractivity contribution < 1.29 is 4.79 Å². The molecule has 1 N–H and O–H groups in total. The van der Waals surface area contributed by atoms with E-state index >= 15 is 0 Å². The van der Waals surface area contributed by atoms with Gasteiger partial charge in [-0.1, -0.05) is 26.8 Å². The molecular formula is C20H29N5O. The lowest BCUT2D eigenvalue weighted by atomic mass is 9.92. The van der Waals surface area contributed by atoms with Gasteiger partial charge in [0.15, 0.2) is 0 Å². The molecule has 1 fully saturated rings. The number of amides is 1. The van der Waals surface area contributed by atoms with Crippen LogP contribution in [0.5, 0.6) is 0 Å². The summed E-state index contributed by atoms with van der Waals surface area (Å²) in [4.78, 5) is 21.4. The van der Waals surface area contributed by atoms with Gasteiger partial charge in [0.2, 0.25) is 5.91 Å². The fraction of sp³-hybridized carbons (Fsp3) is 0.550. The highest BCUT2D eigenvalue weighted by Crippen LogP contribution is 2.23. The van der Waals surface area contributed by atoms with E-state index in [4.69, 9.17) is 0 Å². The Morgan fingerprint density at radius 1 is 1.38 bits per heavy atom. The minimum Gasteiger partial charge on any atom is -0.339 e. The van der Waals surface area contributed by atoms with E-state index in [-0.39, 0.29) is 17.4 Å².